The maximum atomic E-state index is 12.9. The Kier molecular flexibility index (Phi) is 6.67. The Morgan fingerprint density at radius 3 is 2.36 bits per heavy atom. The minimum atomic E-state index is -0.568. The van der Waals surface area contributed by atoms with Gasteiger partial charge in [-0.3, -0.25) is 14.4 Å². The molecule has 0 aromatic heterocycles. The van der Waals surface area contributed by atoms with Crippen molar-refractivity contribution < 1.29 is 23.9 Å². The predicted octanol–water partition coefficient (Wildman–Crippen LogP) is 4.13. The fourth-order valence-corrected chi connectivity index (χ4v) is 4.64. The van der Waals surface area contributed by atoms with E-state index in [4.69, 9.17) is 32.7 Å². The summed E-state index contributed by atoms with van der Waals surface area (Å²) in [7, 11) is 2.98. The Bertz CT molecular complexity index is 1120. The quantitative estimate of drug-likeness (QED) is 0.656. The van der Waals surface area contributed by atoms with Gasteiger partial charge in [0.05, 0.1) is 41.6 Å². The molecule has 3 amide bonds. The summed E-state index contributed by atoms with van der Waals surface area (Å²) in [6.45, 7) is 0.806. The van der Waals surface area contributed by atoms with E-state index in [0.29, 0.717) is 51.6 Å². The van der Waals surface area contributed by atoms with Gasteiger partial charge in [-0.2, -0.15) is 0 Å². The first-order valence-corrected chi connectivity index (χ1v) is 11.2. The van der Waals surface area contributed by atoms with Crippen LogP contribution in [0.15, 0.2) is 30.3 Å². The Labute approximate surface area is 201 Å². The van der Waals surface area contributed by atoms with E-state index in [1.807, 2.05) is 0 Å². The summed E-state index contributed by atoms with van der Waals surface area (Å²) >= 11 is 12.6. The number of carbonyl (C=O) groups is 3. The Morgan fingerprint density at radius 1 is 0.970 bits per heavy atom. The van der Waals surface area contributed by atoms with Crippen LogP contribution < -0.4 is 24.6 Å². The van der Waals surface area contributed by atoms with Crippen LogP contribution in [-0.2, 0) is 14.4 Å². The number of methoxy groups -OCH3 is 2. The summed E-state index contributed by atoms with van der Waals surface area (Å²) in [6.07, 6.45) is 1.35. The highest BCUT2D eigenvalue weighted by molar-refractivity contribution is 6.34. The van der Waals surface area contributed by atoms with Gasteiger partial charge in [0, 0.05) is 37.7 Å². The summed E-state index contributed by atoms with van der Waals surface area (Å²) in [5, 5.41) is 3.53. The van der Waals surface area contributed by atoms with Crippen LogP contribution in [0.25, 0.3) is 0 Å². The predicted molar refractivity (Wildman–Crippen MR) is 127 cm³/mol. The molecular formula is C23H23Cl2N3O5. The number of ether oxygens (including phenoxy) is 2. The number of benzene rings is 2. The highest BCUT2D eigenvalue weighted by Crippen LogP contribution is 2.40. The average Bonchev–Trinajstić information content (AvgIpc) is 3.39. The van der Waals surface area contributed by atoms with Gasteiger partial charge in [-0.15, -0.1) is 0 Å². The SMILES string of the molecule is COc1cc(OC)c(N2C[C@H](C(=O)Nc3ccc(N4CCCC4=O)c(Cl)c3)CC2=O)cc1Cl. The van der Waals surface area contributed by atoms with Crippen LogP contribution in [0.5, 0.6) is 11.5 Å². The minimum absolute atomic E-state index is 0.0345. The van der Waals surface area contributed by atoms with Gasteiger partial charge in [0.25, 0.3) is 0 Å². The molecule has 2 heterocycles. The lowest BCUT2D eigenvalue weighted by Gasteiger charge is -2.21. The van der Waals surface area contributed by atoms with E-state index >= 15 is 0 Å². The molecule has 2 aromatic rings. The van der Waals surface area contributed by atoms with Gasteiger partial charge in [-0.1, -0.05) is 23.2 Å². The number of nitrogens with zero attached hydrogens (tertiary/aromatic N) is 2. The van der Waals surface area contributed by atoms with E-state index in [0.717, 1.165) is 6.42 Å². The van der Waals surface area contributed by atoms with E-state index in [1.54, 1.807) is 35.2 Å². The molecule has 2 aromatic carbocycles. The third-order valence-electron chi connectivity index (χ3n) is 5.82. The number of nitrogens with one attached hydrogen (secondary N) is 1. The van der Waals surface area contributed by atoms with Crippen molar-refractivity contribution in [3.8, 4) is 11.5 Å². The molecular weight excluding hydrogens is 469 g/mol. The summed E-state index contributed by atoms with van der Waals surface area (Å²) in [4.78, 5) is 40.7. The van der Waals surface area contributed by atoms with Crippen molar-refractivity contribution in [3.63, 3.8) is 0 Å². The van der Waals surface area contributed by atoms with E-state index < -0.39 is 5.92 Å². The third-order valence-corrected chi connectivity index (χ3v) is 6.42. The topological polar surface area (TPSA) is 88.2 Å². The molecule has 33 heavy (non-hydrogen) atoms. The second-order valence-electron chi connectivity index (χ2n) is 7.87. The highest BCUT2D eigenvalue weighted by Gasteiger charge is 2.37. The van der Waals surface area contributed by atoms with Crippen molar-refractivity contribution in [1.82, 2.24) is 0 Å². The normalized spacial score (nSPS) is 18.1. The van der Waals surface area contributed by atoms with Gasteiger partial charge in [0.2, 0.25) is 17.7 Å². The first-order chi connectivity index (χ1) is 15.8. The number of anilines is 3. The number of hydrogen-bond donors (Lipinski definition) is 1. The molecule has 0 aliphatic carbocycles. The molecule has 10 heteroatoms. The molecule has 2 aliphatic rings. The van der Waals surface area contributed by atoms with E-state index in [2.05, 4.69) is 5.32 Å². The number of rotatable bonds is 6. The van der Waals surface area contributed by atoms with Crippen LogP contribution in [0, 0.1) is 5.92 Å². The van der Waals surface area contributed by atoms with Crippen molar-refractivity contribution in [2.45, 2.75) is 19.3 Å². The minimum Gasteiger partial charge on any atom is -0.495 e. The molecule has 2 fully saturated rings. The molecule has 4 rings (SSSR count). The van der Waals surface area contributed by atoms with Gasteiger partial charge in [0.15, 0.2) is 0 Å². The molecule has 0 radical (unpaired) electrons. The lowest BCUT2D eigenvalue weighted by atomic mass is 10.1. The first kappa shape index (κ1) is 23.2. The maximum absolute atomic E-state index is 12.9. The fraction of sp³-hybridized carbons (Fsp3) is 0.348. The van der Waals surface area contributed by atoms with Gasteiger partial charge < -0.3 is 24.6 Å². The van der Waals surface area contributed by atoms with Crippen LogP contribution in [-0.4, -0.2) is 45.0 Å². The van der Waals surface area contributed by atoms with E-state index in [-0.39, 0.29) is 30.7 Å². The molecule has 2 aliphatic heterocycles. The molecule has 0 spiro atoms. The number of halogens is 2. The van der Waals surface area contributed by atoms with Gasteiger partial charge in [-0.25, -0.2) is 0 Å². The van der Waals surface area contributed by atoms with Crippen LogP contribution >= 0.6 is 23.2 Å². The zero-order chi connectivity index (χ0) is 23.7. The monoisotopic (exact) mass is 491 g/mol. The lowest BCUT2D eigenvalue weighted by Crippen LogP contribution is -2.28. The zero-order valence-corrected chi connectivity index (χ0v) is 19.7. The van der Waals surface area contributed by atoms with Crippen molar-refractivity contribution in [2.24, 2.45) is 5.92 Å². The van der Waals surface area contributed by atoms with Crippen molar-refractivity contribution in [2.75, 3.05) is 42.4 Å². The third kappa shape index (κ3) is 4.58. The summed E-state index contributed by atoms with van der Waals surface area (Å²) in [5.74, 6) is -0.200. The van der Waals surface area contributed by atoms with E-state index in [1.165, 1.54) is 19.1 Å². The molecule has 0 saturated carbocycles. The molecule has 0 unspecified atom stereocenters. The van der Waals surface area contributed by atoms with Crippen molar-refractivity contribution >= 4 is 58.0 Å². The van der Waals surface area contributed by atoms with Crippen LogP contribution in [0.2, 0.25) is 10.0 Å². The second-order valence-corrected chi connectivity index (χ2v) is 8.68. The molecule has 8 nitrogen and oxygen atoms in total. The lowest BCUT2D eigenvalue weighted by molar-refractivity contribution is -0.122. The smallest absolute Gasteiger partial charge is 0.229 e. The maximum Gasteiger partial charge on any atom is 0.229 e. The largest absolute Gasteiger partial charge is 0.495 e. The van der Waals surface area contributed by atoms with Gasteiger partial charge in [-0.05, 0) is 30.7 Å². The summed E-state index contributed by atoms with van der Waals surface area (Å²) < 4.78 is 10.6. The summed E-state index contributed by atoms with van der Waals surface area (Å²) in [6, 6.07) is 8.23. The number of hydrogen-bond acceptors (Lipinski definition) is 5. The van der Waals surface area contributed by atoms with Crippen LogP contribution in [0.4, 0.5) is 17.1 Å². The zero-order valence-electron chi connectivity index (χ0n) is 18.2. The second kappa shape index (κ2) is 9.49. The van der Waals surface area contributed by atoms with Gasteiger partial charge >= 0.3 is 0 Å². The molecule has 1 atom stereocenters. The fourth-order valence-electron chi connectivity index (χ4n) is 4.12. The number of amides is 3. The molecule has 0 bridgehead atoms. The van der Waals surface area contributed by atoms with Crippen LogP contribution in [0.3, 0.4) is 0 Å². The Balaban J connectivity index is 1.47. The average molecular weight is 492 g/mol. The molecule has 2 saturated heterocycles. The molecule has 1 N–H and O–H groups in total. The Hall–Kier alpha value is -2.97. The van der Waals surface area contributed by atoms with Crippen molar-refractivity contribution in [1.29, 1.82) is 0 Å². The summed E-state index contributed by atoms with van der Waals surface area (Å²) in [5.41, 5.74) is 1.60. The van der Waals surface area contributed by atoms with Crippen molar-refractivity contribution in [3.05, 3.63) is 40.4 Å². The van der Waals surface area contributed by atoms with Crippen LogP contribution in [0.1, 0.15) is 19.3 Å². The van der Waals surface area contributed by atoms with Gasteiger partial charge in [0.1, 0.15) is 11.5 Å². The molecule has 174 valence electrons. The number of carbonyl (C=O) groups excluding carboxylic acids is 3. The van der Waals surface area contributed by atoms with E-state index in [9.17, 15) is 14.4 Å². The first-order valence-electron chi connectivity index (χ1n) is 10.4. The standard InChI is InChI=1S/C23H23Cl2N3O5/c1-32-19-11-20(33-2)18(10-16(19)25)28-12-13(8-22(28)30)23(31)26-14-5-6-17(15(24)9-14)27-7-3-4-21(27)29/h5-6,9-11,13H,3-4,7-8,12H2,1-2H3,(H,26,31)/t13-/m1/s1. The Morgan fingerprint density at radius 2 is 1.73 bits per heavy atom. The highest BCUT2D eigenvalue weighted by atomic mass is 35.5.